The highest BCUT2D eigenvalue weighted by Crippen LogP contribution is 2.20. The second-order valence-corrected chi connectivity index (χ2v) is 6.38. The molecule has 0 saturated carbocycles. The maximum Gasteiger partial charge on any atom is 0.269 e. The van der Waals surface area contributed by atoms with E-state index in [1.54, 1.807) is 12.1 Å². The highest BCUT2D eigenvalue weighted by molar-refractivity contribution is 8.00. The van der Waals surface area contributed by atoms with Crippen molar-refractivity contribution in [3.05, 3.63) is 34.4 Å². The van der Waals surface area contributed by atoms with Crippen LogP contribution in [0.3, 0.4) is 0 Å². The van der Waals surface area contributed by atoms with Crippen LogP contribution in [0, 0.1) is 10.1 Å². The van der Waals surface area contributed by atoms with Gasteiger partial charge in [-0.2, -0.15) is 0 Å². The van der Waals surface area contributed by atoms with E-state index >= 15 is 0 Å². The lowest BCUT2D eigenvalue weighted by Crippen LogP contribution is -2.44. The number of piperazine rings is 1. The Morgan fingerprint density at radius 3 is 2.65 bits per heavy atom. The van der Waals surface area contributed by atoms with Crippen molar-refractivity contribution in [1.29, 1.82) is 0 Å². The number of thioether (sulfide) groups is 1. The predicted molar refractivity (Wildman–Crippen MR) is 90.8 cm³/mol. The van der Waals surface area contributed by atoms with Crippen molar-refractivity contribution in [3.63, 3.8) is 0 Å². The van der Waals surface area contributed by atoms with E-state index in [2.05, 4.69) is 15.5 Å². The van der Waals surface area contributed by atoms with Crippen molar-refractivity contribution >= 4 is 23.4 Å². The minimum Gasteiger partial charge on any atom is -0.355 e. The second kappa shape index (κ2) is 9.49. The highest BCUT2D eigenvalue weighted by atomic mass is 32.2. The summed E-state index contributed by atoms with van der Waals surface area (Å²) in [7, 11) is 0. The first-order valence-corrected chi connectivity index (χ1v) is 8.71. The number of carbonyl (C=O) groups excluding carboxylic acids is 1. The number of nitro groups is 1. The molecular weight excluding hydrogens is 316 g/mol. The maximum absolute atomic E-state index is 11.8. The number of rotatable bonds is 8. The Morgan fingerprint density at radius 1 is 1.30 bits per heavy atom. The summed E-state index contributed by atoms with van der Waals surface area (Å²) in [5.74, 6) is 0.319. The van der Waals surface area contributed by atoms with E-state index in [0.717, 1.165) is 44.0 Å². The third-order valence-corrected chi connectivity index (χ3v) is 4.61. The molecule has 8 heteroatoms. The number of nitrogens with one attached hydrogen (secondary N) is 2. The summed E-state index contributed by atoms with van der Waals surface area (Å²) in [5.41, 5.74) is 0.0618. The molecule has 1 aliphatic heterocycles. The van der Waals surface area contributed by atoms with Gasteiger partial charge in [0.1, 0.15) is 0 Å². The SMILES string of the molecule is O=C(CSc1ccc([N+](=O)[O-])cc1)NCCCN1CCNCC1. The number of benzene rings is 1. The molecule has 1 aromatic carbocycles. The summed E-state index contributed by atoms with van der Waals surface area (Å²) < 4.78 is 0. The first-order valence-electron chi connectivity index (χ1n) is 7.72. The number of nitro benzene ring substituents is 1. The van der Waals surface area contributed by atoms with Gasteiger partial charge in [0.15, 0.2) is 0 Å². The van der Waals surface area contributed by atoms with Crippen LogP contribution >= 0.6 is 11.8 Å². The van der Waals surface area contributed by atoms with Crippen molar-refractivity contribution < 1.29 is 9.72 Å². The van der Waals surface area contributed by atoms with Gasteiger partial charge in [0, 0.05) is 49.8 Å². The van der Waals surface area contributed by atoms with Gasteiger partial charge in [-0.3, -0.25) is 14.9 Å². The van der Waals surface area contributed by atoms with Crippen molar-refractivity contribution in [2.75, 3.05) is 45.0 Å². The first kappa shape index (κ1) is 17.7. The van der Waals surface area contributed by atoms with Crippen molar-refractivity contribution in [1.82, 2.24) is 15.5 Å². The van der Waals surface area contributed by atoms with E-state index < -0.39 is 4.92 Å². The maximum atomic E-state index is 11.8. The monoisotopic (exact) mass is 338 g/mol. The van der Waals surface area contributed by atoms with E-state index in [1.807, 2.05) is 0 Å². The van der Waals surface area contributed by atoms with Crippen LogP contribution in [0.4, 0.5) is 5.69 Å². The molecule has 0 bridgehead atoms. The summed E-state index contributed by atoms with van der Waals surface area (Å²) in [6.45, 7) is 5.92. The average molecular weight is 338 g/mol. The van der Waals surface area contributed by atoms with Gasteiger partial charge < -0.3 is 15.5 Å². The lowest BCUT2D eigenvalue weighted by Gasteiger charge is -2.27. The fourth-order valence-corrected chi connectivity index (χ4v) is 3.06. The molecule has 0 aromatic heterocycles. The molecule has 1 heterocycles. The Morgan fingerprint density at radius 2 is 2.00 bits per heavy atom. The Labute approximate surface area is 140 Å². The molecule has 2 rings (SSSR count). The molecule has 1 saturated heterocycles. The number of amides is 1. The Hall–Kier alpha value is -1.64. The molecule has 0 unspecified atom stereocenters. The molecule has 126 valence electrons. The summed E-state index contributed by atoms with van der Waals surface area (Å²) in [5, 5.41) is 16.8. The Balaban J connectivity index is 1.58. The normalized spacial score (nSPS) is 15.3. The summed E-state index contributed by atoms with van der Waals surface area (Å²) in [4.78, 5) is 25.2. The number of carbonyl (C=O) groups is 1. The third-order valence-electron chi connectivity index (χ3n) is 3.60. The topological polar surface area (TPSA) is 87.5 Å². The van der Waals surface area contributed by atoms with Gasteiger partial charge in [-0.05, 0) is 25.1 Å². The summed E-state index contributed by atoms with van der Waals surface area (Å²) in [6.07, 6.45) is 0.952. The third kappa shape index (κ3) is 6.55. The standard InChI is InChI=1S/C15H22N4O3S/c20-15(17-6-1-9-18-10-7-16-8-11-18)12-23-14-4-2-13(3-5-14)19(21)22/h2-5,16H,1,6-12H2,(H,17,20). The molecule has 1 aromatic rings. The van der Waals surface area contributed by atoms with Gasteiger partial charge in [0.25, 0.3) is 5.69 Å². The minimum atomic E-state index is -0.431. The second-order valence-electron chi connectivity index (χ2n) is 5.33. The van der Waals surface area contributed by atoms with Gasteiger partial charge in [-0.25, -0.2) is 0 Å². The molecule has 1 aliphatic rings. The fraction of sp³-hybridized carbons (Fsp3) is 0.533. The predicted octanol–water partition coefficient (Wildman–Crippen LogP) is 1.10. The zero-order chi connectivity index (χ0) is 16.5. The van der Waals surface area contributed by atoms with E-state index in [1.165, 1.54) is 23.9 Å². The number of non-ortho nitro benzene ring substituents is 1. The molecule has 1 fully saturated rings. The molecule has 0 atom stereocenters. The van der Waals surface area contributed by atoms with E-state index in [-0.39, 0.29) is 11.6 Å². The molecule has 0 spiro atoms. The van der Waals surface area contributed by atoms with Gasteiger partial charge in [0.2, 0.25) is 5.91 Å². The molecule has 7 nitrogen and oxygen atoms in total. The van der Waals surface area contributed by atoms with Crippen LogP contribution in [0.2, 0.25) is 0 Å². The average Bonchev–Trinajstić information content (AvgIpc) is 2.58. The van der Waals surface area contributed by atoms with Gasteiger partial charge in [-0.1, -0.05) is 0 Å². The van der Waals surface area contributed by atoms with Crippen LogP contribution in [0.5, 0.6) is 0 Å². The highest BCUT2D eigenvalue weighted by Gasteiger charge is 2.09. The van der Waals surface area contributed by atoms with Crippen LogP contribution in [-0.4, -0.2) is 60.8 Å². The largest absolute Gasteiger partial charge is 0.355 e. The lowest BCUT2D eigenvalue weighted by molar-refractivity contribution is -0.384. The quantitative estimate of drug-likeness (QED) is 0.319. The summed E-state index contributed by atoms with van der Waals surface area (Å²) >= 11 is 1.38. The lowest BCUT2D eigenvalue weighted by atomic mass is 10.3. The molecule has 23 heavy (non-hydrogen) atoms. The summed E-state index contributed by atoms with van der Waals surface area (Å²) in [6, 6.07) is 6.24. The number of hydrogen-bond acceptors (Lipinski definition) is 6. The van der Waals surface area contributed by atoms with Gasteiger partial charge in [0.05, 0.1) is 10.7 Å². The van der Waals surface area contributed by atoms with E-state index in [4.69, 9.17) is 0 Å². The Bertz CT molecular complexity index is 518. The first-order chi connectivity index (χ1) is 11.1. The molecular formula is C15H22N4O3S. The van der Waals surface area contributed by atoms with Crippen LogP contribution in [0.25, 0.3) is 0 Å². The number of hydrogen-bond donors (Lipinski definition) is 2. The van der Waals surface area contributed by atoms with Crippen molar-refractivity contribution in [2.24, 2.45) is 0 Å². The fourth-order valence-electron chi connectivity index (χ4n) is 2.33. The minimum absolute atomic E-state index is 0.00587. The van der Waals surface area contributed by atoms with Gasteiger partial charge >= 0.3 is 0 Å². The van der Waals surface area contributed by atoms with E-state index in [9.17, 15) is 14.9 Å². The van der Waals surface area contributed by atoms with Gasteiger partial charge in [-0.15, -0.1) is 11.8 Å². The smallest absolute Gasteiger partial charge is 0.269 e. The van der Waals surface area contributed by atoms with Crippen molar-refractivity contribution in [3.8, 4) is 0 Å². The Kier molecular flexibility index (Phi) is 7.31. The molecule has 1 amide bonds. The zero-order valence-corrected chi connectivity index (χ0v) is 13.8. The van der Waals surface area contributed by atoms with E-state index in [0.29, 0.717) is 12.3 Å². The van der Waals surface area contributed by atoms with Crippen LogP contribution in [-0.2, 0) is 4.79 Å². The van der Waals surface area contributed by atoms with Crippen molar-refractivity contribution in [2.45, 2.75) is 11.3 Å². The zero-order valence-electron chi connectivity index (χ0n) is 13.0. The van der Waals surface area contributed by atoms with Crippen LogP contribution in [0.15, 0.2) is 29.2 Å². The van der Waals surface area contributed by atoms with Crippen LogP contribution in [0.1, 0.15) is 6.42 Å². The number of nitrogens with zero attached hydrogens (tertiary/aromatic N) is 2. The van der Waals surface area contributed by atoms with Crippen LogP contribution < -0.4 is 10.6 Å². The molecule has 2 N–H and O–H groups in total. The molecule has 0 radical (unpaired) electrons. The molecule has 0 aliphatic carbocycles.